The smallest absolute Gasteiger partial charge is 0.266 e. The Hall–Kier alpha value is -2.75. The van der Waals surface area contributed by atoms with Gasteiger partial charge in [-0.3, -0.25) is 14.4 Å². The van der Waals surface area contributed by atoms with Gasteiger partial charge in [0.15, 0.2) is 5.78 Å². The fourth-order valence-electron chi connectivity index (χ4n) is 2.74. The number of ketones is 1. The second-order valence-corrected chi connectivity index (χ2v) is 7.12. The number of carbonyl (C=O) groups is 3. The first-order valence-corrected chi connectivity index (χ1v) is 7.84. The molecule has 4 nitrogen and oxygen atoms in total. The molecule has 0 saturated carbocycles. The lowest BCUT2D eigenvalue weighted by atomic mass is 9.85. The van der Waals surface area contributed by atoms with Crippen molar-refractivity contribution in [3.8, 4) is 0 Å². The highest BCUT2D eigenvalue weighted by Gasteiger charge is 2.37. The molecular formula is C20H19NO3. The van der Waals surface area contributed by atoms with Crippen LogP contribution in [-0.2, 0) is 0 Å². The SMILES string of the molecule is Cc1ccc(N2C(=O)c3ccc(C(=O)C(C)(C)C)cc3C2=O)cc1. The number of carbonyl (C=O) groups excluding carboxylic acids is 3. The number of benzene rings is 2. The van der Waals surface area contributed by atoms with Gasteiger partial charge in [-0.05, 0) is 31.2 Å². The second-order valence-electron chi connectivity index (χ2n) is 7.12. The monoisotopic (exact) mass is 321 g/mol. The second kappa shape index (κ2) is 5.41. The summed E-state index contributed by atoms with van der Waals surface area (Å²) in [5, 5.41) is 0. The maximum Gasteiger partial charge on any atom is 0.266 e. The molecule has 2 aromatic carbocycles. The van der Waals surface area contributed by atoms with Gasteiger partial charge in [0.25, 0.3) is 11.8 Å². The van der Waals surface area contributed by atoms with Crippen molar-refractivity contribution in [3.63, 3.8) is 0 Å². The molecule has 1 heterocycles. The van der Waals surface area contributed by atoms with E-state index in [1.165, 1.54) is 6.07 Å². The molecule has 0 bridgehead atoms. The van der Waals surface area contributed by atoms with E-state index in [0.29, 0.717) is 16.8 Å². The van der Waals surface area contributed by atoms with E-state index in [0.717, 1.165) is 10.5 Å². The maximum absolute atomic E-state index is 12.7. The van der Waals surface area contributed by atoms with Crippen molar-refractivity contribution in [2.45, 2.75) is 27.7 Å². The van der Waals surface area contributed by atoms with Crippen LogP contribution >= 0.6 is 0 Å². The Morgan fingerprint density at radius 1 is 0.875 bits per heavy atom. The summed E-state index contributed by atoms with van der Waals surface area (Å²) in [6.45, 7) is 7.42. The zero-order chi connectivity index (χ0) is 17.6. The predicted octanol–water partition coefficient (Wildman–Crippen LogP) is 4.02. The third-order valence-electron chi connectivity index (χ3n) is 4.12. The van der Waals surface area contributed by atoms with Gasteiger partial charge in [-0.25, -0.2) is 4.90 Å². The average molecular weight is 321 g/mol. The third kappa shape index (κ3) is 2.54. The highest BCUT2D eigenvalue weighted by molar-refractivity contribution is 6.34. The van der Waals surface area contributed by atoms with Crippen molar-refractivity contribution < 1.29 is 14.4 Å². The molecule has 2 amide bonds. The molecular weight excluding hydrogens is 302 g/mol. The zero-order valence-corrected chi connectivity index (χ0v) is 14.2. The predicted molar refractivity (Wildman–Crippen MR) is 92.5 cm³/mol. The van der Waals surface area contributed by atoms with E-state index in [-0.39, 0.29) is 23.2 Å². The van der Waals surface area contributed by atoms with Crippen LogP contribution in [0.25, 0.3) is 0 Å². The molecule has 24 heavy (non-hydrogen) atoms. The van der Waals surface area contributed by atoms with Crippen molar-refractivity contribution in [2.75, 3.05) is 4.90 Å². The van der Waals surface area contributed by atoms with Crippen LogP contribution in [-0.4, -0.2) is 17.6 Å². The van der Waals surface area contributed by atoms with E-state index in [4.69, 9.17) is 0 Å². The van der Waals surface area contributed by atoms with Crippen molar-refractivity contribution in [2.24, 2.45) is 5.41 Å². The minimum atomic E-state index is -0.545. The van der Waals surface area contributed by atoms with Gasteiger partial charge in [-0.2, -0.15) is 0 Å². The lowest BCUT2D eigenvalue weighted by Gasteiger charge is -2.16. The number of Topliss-reactive ketones (excluding diaryl/α,β-unsaturated/α-hetero) is 1. The summed E-state index contributed by atoms with van der Waals surface area (Å²) >= 11 is 0. The van der Waals surface area contributed by atoms with E-state index in [2.05, 4.69) is 0 Å². The third-order valence-corrected chi connectivity index (χ3v) is 4.12. The summed E-state index contributed by atoms with van der Waals surface area (Å²) in [7, 11) is 0. The van der Waals surface area contributed by atoms with Crippen LogP contribution in [0.5, 0.6) is 0 Å². The summed E-state index contributed by atoms with van der Waals surface area (Å²) in [4.78, 5) is 38.9. The number of rotatable bonds is 2. The van der Waals surface area contributed by atoms with Gasteiger partial charge >= 0.3 is 0 Å². The topological polar surface area (TPSA) is 54.5 Å². The van der Waals surface area contributed by atoms with Crippen LogP contribution in [0.2, 0.25) is 0 Å². The van der Waals surface area contributed by atoms with Crippen LogP contribution in [0.15, 0.2) is 42.5 Å². The quantitative estimate of drug-likeness (QED) is 0.620. The normalized spacial score (nSPS) is 14.1. The fraction of sp³-hybridized carbons (Fsp3) is 0.250. The van der Waals surface area contributed by atoms with Gasteiger partial charge in [0.05, 0.1) is 16.8 Å². The summed E-state index contributed by atoms with van der Waals surface area (Å²) in [5.41, 5.74) is 2.12. The van der Waals surface area contributed by atoms with Crippen molar-refractivity contribution in [1.82, 2.24) is 0 Å². The molecule has 3 rings (SSSR count). The molecule has 1 aliphatic heterocycles. The maximum atomic E-state index is 12.7. The number of hydrogen-bond acceptors (Lipinski definition) is 3. The Kier molecular flexibility index (Phi) is 3.63. The fourth-order valence-corrected chi connectivity index (χ4v) is 2.74. The number of fused-ring (bicyclic) bond motifs is 1. The first kappa shape index (κ1) is 16.1. The number of anilines is 1. The van der Waals surface area contributed by atoms with Crippen LogP contribution in [0, 0.1) is 12.3 Å². The molecule has 0 N–H and O–H groups in total. The highest BCUT2D eigenvalue weighted by Crippen LogP contribution is 2.30. The molecule has 0 aliphatic carbocycles. The van der Waals surface area contributed by atoms with E-state index < -0.39 is 5.41 Å². The Bertz CT molecular complexity index is 857. The van der Waals surface area contributed by atoms with Gasteiger partial charge < -0.3 is 0 Å². The van der Waals surface area contributed by atoms with Gasteiger partial charge in [-0.15, -0.1) is 0 Å². The van der Waals surface area contributed by atoms with Crippen molar-refractivity contribution >= 4 is 23.3 Å². The zero-order valence-electron chi connectivity index (χ0n) is 14.2. The lowest BCUT2D eigenvalue weighted by Crippen LogP contribution is -2.29. The van der Waals surface area contributed by atoms with Gasteiger partial charge in [0, 0.05) is 11.0 Å². The Morgan fingerprint density at radius 3 is 2.04 bits per heavy atom. The first-order valence-electron chi connectivity index (χ1n) is 7.84. The molecule has 0 aromatic heterocycles. The Labute approximate surface area is 141 Å². The number of imide groups is 1. The molecule has 2 aromatic rings. The van der Waals surface area contributed by atoms with E-state index in [1.54, 1.807) is 24.3 Å². The molecule has 0 spiro atoms. The number of nitrogens with zero attached hydrogens (tertiary/aromatic N) is 1. The molecule has 0 atom stereocenters. The molecule has 0 saturated heterocycles. The van der Waals surface area contributed by atoms with Gasteiger partial charge in [0.2, 0.25) is 0 Å². The first-order chi connectivity index (χ1) is 11.2. The molecule has 122 valence electrons. The van der Waals surface area contributed by atoms with Crippen LogP contribution in [0.3, 0.4) is 0 Å². The molecule has 0 fully saturated rings. The average Bonchev–Trinajstić information content (AvgIpc) is 2.78. The van der Waals surface area contributed by atoms with Crippen molar-refractivity contribution in [1.29, 1.82) is 0 Å². The van der Waals surface area contributed by atoms with E-state index in [9.17, 15) is 14.4 Å². The summed E-state index contributed by atoms with van der Waals surface area (Å²) in [6, 6.07) is 11.9. The van der Waals surface area contributed by atoms with Crippen LogP contribution in [0.4, 0.5) is 5.69 Å². The number of hydrogen-bond donors (Lipinski definition) is 0. The molecule has 0 radical (unpaired) electrons. The van der Waals surface area contributed by atoms with E-state index in [1.807, 2.05) is 39.8 Å². The summed E-state index contributed by atoms with van der Waals surface area (Å²) in [6.07, 6.45) is 0. The minimum absolute atomic E-state index is 0.0562. The molecule has 4 heteroatoms. The van der Waals surface area contributed by atoms with Crippen molar-refractivity contribution in [3.05, 3.63) is 64.7 Å². The largest absolute Gasteiger partial charge is 0.294 e. The van der Waals surface area contributed by atoms with Gasteiger partial charge in [0.1, 0.15) is 0 Å². The lowest BCUT2D eigenvalue weighted by molar-refractivity contribution is 0.0857. The molecule has 0 unspecified atom stereocenters. The van der Waals surface area contributed by atoms with Crippen LogP contribution in [0.1, 0.15) is 57.4 Å². The van der Waals surface area contributed by atoms with Crippen LogP contribution < -0.4 is 4.90 Å². The van der Waals surface area contributed by atoms with Gasteiger partial charge in [-0.1, -0.05) is 44.5 Å². The highest BCUT2D eigenvalue weighted by atomic mass is 16.2. The number of aryl methyl sites for hydroxylation is 1. The minimum Gasteiger partial charge on any atom is -0.294 e. The molecule has 1 aliphatic rings. The number of amides is 2. The summed E-state index contributed by atoms with van der Waals surface area (Å²) in [5.74, 6) is -0.796. The summed E-state index contributed by atoms with van der Waals surface area (Å²) < 4.78 is 0. The Morgan fingerprint density at radius 2 is 1.46 bits per heavy atom. The standard InChI is InChI=1S/C20H19NO3/c1-12-5-8-14(9-6-12)21-18(23)15-10-7-13(11-16(15)19(21)24)17(22)20(2,3)4/h5-11H,1-4H3. The Balaban J connectivity index is 2.03. The van der Waals surface area contributed by atoms with E-state index >= 15 is 0 Å².